The average molecular weight is 216 g/mol. The highest BCUT2D eigenvalue weighted by Crippen LogP contribution is 2.17. The molecule has 82 valence electrons. The average Bonchev–Trinajstić information content (AvgIpc) is 2.28. The third-order valence-electron chi connectivity index (χ3n) is 2.36. The van der Waals surface area contributed by atoms with Gasteiger partial charge in [0.25, 0.3) is 0 Å². The molecule has 1 heterocycles. The Bertz CT molecular complexity index is 525. The molecule has 0 aliphatic carbocycles. The van der Waals surface area contributed by atoms with Crippen LogP contribution in [-0.4, -0.2) is 22.1 Å². The second kappa shape index (κ2) is 4.18. The molecule has 4 heteroatoms. The number of benzene rings is 1. The molecule has 0 saturated heterocycles. The number of aromatic nitrogens is 1. The van der Waals surface area contributed by atoms with E-state index < -0.39 is 12.0 Å². The van der Waals surface area contributed by atoms with Gasteiger partial charge in [0, 0.05) is 17.3 Å². The summed E-state index contributed by atoms with van der Waals surface area (Å²) < 4.78 is 0. The van der Waals surface area contributed by atoms with Gasteiger partial charge in [-0.05, 0) is 31.2 Å². The molecule has 2 N–H and O–H groups in total. The minimum absolute atomic E-state index is 0.603. The van der Waals surface area contributed by atoms with E-state index in [1.807, 2.05) is 30.3 Å². The van der Waals surface area contributed by atoms with Gasteiger partial charge in [-0.25, -0.2) is 0 Å². The number of carbonyl (C=O) groups is 1. The van der Waals surface area contributed by atoms with Crippen LogP contribution < -0.4 is 5.32 Å². The number of carboxylic acids is 1. The molecule has 1 aromatic heterocycles. The van der Waals surface area contributed by atoms with Gasteiger partial charge in [-0.15, -0.1) is 0 Å². The number of hydrogen-bond acceptors (Lipinski definition) is 3. The molecule has 2 rings (SSSR count). The molecule has 0 bridgehead atoms. The molecule has 0 amide bonds. The highest BCUT2D eigenvalue weighted by Gasteiger charge is 2.09. The first-order chi connectivity index (χ1) is 7.66. The lowest BCUT2D eigenvalue weighted by Gasteiger charge is -2.10. The van der Waals surface area contributed by atoms with Crippen LogP contribution in [0.25, 0.3) is 10.9 Å². The van der Waals surface area contributed by atoms with E-state index in [9.17, 15) is 4.79 Å². The molecule has 0 unspecified atom stereocenters. The van der Waals surface area contributed by atoms with Gasteiger partial charge in [-0.3, -0.25) is 9.78 Å². The minimum Gasteiger partial charge on any atom is -0.480 e. The Morgan fingerprint density at radius 2 is 2.25 bits per heavy atom. The van der Waals surface area contributed by atoms with E-state index in [1.54, 1.807) is 13.1 Å². The summed E-state index contributed by atoms with van der Waals surface area (Å²) in [5.74, 6) is -0.869. The Morgan fingerprint density at radius 3 is 3.00 bits per heavy atom. The topological polar surface area (TPSA) is 62.2 Å². The highest BCUT2D eigenvalue weighted by atomic mass is 16.4. The van der Waals surface area contributed by atoms with Crippen LogP contribution >= 0.6 is 0 Å². The highest BCUT2D eigenvalue weighted by molar-refractivity contribution is 5.83. The maximum Gasteiger partial charge on any atom is 0.325 e. The summed E-state index contributed by atoms with van der Waals surface area (Å²) in [5, 5.41) is 12.7. The molecule has 1 aromatic carbocycles. The Kier molecular flexibility index (Phi) is 2.72. The second-order valence-electron chi connectivity index (χ2n) is 3.62. The second-order valence-corrected chi connectivity index (χ2v) is 3.62. The van der Waals surface area contributed by atoms with Crippen LogP contribution in [0.2, 0.25) is 0 Å². The van der Waals surface area contributed by atoms with Crippen molar-refractivity contribution >= 4 is 22.6 Å². The van der Waals surface area contributed by atoms with Crippen molar-refractivity contribution in [3.63, 3.8) is 0 Å². The number of rotatable bonds is 3. The molecule has 0 saturated carbocycles. The van der Waals surface area contributed by atoms with E-state index >= 15 is 0 Å². The molecule has 2 aromatic rings. The zero-order valence-corrected chi connectivity index (χ0v) is 8.84. The molecule has 0 aliphatic rings. The van der Waals surface area contributed by atoms with Gasteiger partial charge in [0.15, 0.2) is 0 Å². The van der Waals surface area contributed by atoms with E-state index in [0.29, 0.717) is 0 Å². The maximum absolute atomic E-state index is 10.7. The molecule has 0 radical (unpaired) electrons. The zero-order chi connectivity index (χ0) is 11.5. The first kappa shape index (κ1) is 10.4. The van der Waals surface area contributed by atoms with Crippen LogP contribution in [0.15, 0.2) is 36.5 Å². The number of fused-ring (bicyclic) bond motifs is 1. The lowest BCUT2D eigenvalue weighted by atomic mass is 10.2. The smallest absolute Gasteiger partial charge is 0.325 e. The van der Waals surface area contributed by atoms with Crippen LogP contribution in [0.3, 0.4) is 0 Å². The Balaban J connectivity index is 2.29. The first-order valence-corrected chi connectivity index (χ1v) is 5.01. The number of anilines is 1. The molecule has 16 heavy (non-hydrogen) atoms. The fraction of sp³-hybridized carbons (Fsp3) is 0.167. The summed E-state index contributed by atoms with van der Waals surface area (Å²) in [4.78, 5) is 14.9. The number of hydrogen-bond donors (Lipinski definition) is 2. The number of nitrogens with zero attached hydrogens (tertiary/aromatic N) is 1. The van der Waals surface area contributed by atoms with Crippen molar-refractivity contribution in [3.05, 3.63) is 36.5 Å². The SMILES string of the molecule is C[C@@H](Nc1ccc2ncccc2c1)C(=O)O. The van der Waals surface area contributed by atoms with Crippen LogP contribution in [-0.2, 0) is 4.79 Å². The lowest BCUT2D eigenvalue weighted by molar-refractivity contribution is -0.137. The van der Waals surface area contributed by atoms with Gasteiger partial charge >= 0.3 is 5.97 Å². The molecule has 4 nitrogen and oxygen atoms in total. The number of nitrogens with one attached hydrogen (secondary N) is 1. The summed E-state index contributed by atoms with van der Waals surface area (Å²) in [6, 6.07) is 8.78. The van der Waals surface area contributed by atoms with Crippen molar-refractivity contribution in [2.24, 2.45) is 0 Å². The Labute approximate surface area is 92.9 Å². The van der Waals surface area contributed by atoms with E-state index in [0.717, 1.165) is 16.6 Å². The van der Waals surface area contributed by atoms with E-state index in [4.69, 9.17) is 5.11 Å². The van der Waals surface area contributed by atoms with E-state index in [2.05, 4.69) is 10.3 Å². The Hall–Kier alpha value is -2.10. The van der Waals surface area contributed by atoms with Crippen molar-refractivity contribution in [2.75, 3.05) is 5.32 Å². The molecule has 0 spiro atoms. The van der Waals surface area contributed by atoms with Crippen molar-refractivity contribution < 1.29 is 9.90 Å². The summed E-state index contributed by atoms with van der Waals surface area (Å²) in [7, 11) is 0. The largest absolute Gasteiger partial charge is 0.480 e. The normalized spacial score (nSPS) is 12.3. The van der Waals surface area contributed by atoms with Gasteiger partial charge in [-0.2, -0.15) is 0 Å². The monoisotopic (exact) mass is 216 g/mol. The molecular formula is C12H12N2O2. The van der Waals surface area contributed by atoms with Crippen LogP contribution in [0.5, 0.6) is 0 Å². The summed E-state index contributed by atoms with van der Waals surface area (Å²) in [5.41, 5.74) is 1.69. The van der Waals surface area contributed by atoms with Crippen LogP contribution in [0, 0.1) is 0 Å². The predicted molar refractivity (Wildman–Crippen MR) is 62.5 cm³/mol. The Morgan fingerprint density at radius 1 is 1.44 bits per heavy atom. The number of aliphatic carboxylic acids is 1. The summed E-state index contributed by atoms with van der Waals surface area (Å²) in [6.07, 6.45) is 1.73. The van der Waals surface area contributed by atoms with Crippen LogP contribution in [0.4, 0.5) is 5.69 Å². The third-order valence-corrected chi connectivity index (χ3v) is 2.36. The van der Waals surface area contributed by atoms with Gasteiger partial charge < -0.3 is 10.4 Å². The summed E-state index contributed by atoms with van der Waals surface area (Å²) >= 11 is 0. The van der Waals surface area contributed by atoms with Gasteiger partial charge in [0.05, 0.1) is 5.52 Å². The molecule has 0 fully saturated rings. The predicted octanol–water partition coefficient (Wildman–Crippen LogP) is 2.12. The standard InChI is InChI=1S/C12H12N2O2/c1-8(12(15)16)14-10-4-5-11-9(7-10)3-2-6-13-11/h2-8,14H,1H3,(H,15,16)/t8-/m1/s1. The molecular weight excluding hydrogens is 204 g/mol. The fourth-order valence-electron chi connectivity index (χ4n) is 1.48. The third kappa shape index (κ3) is 2.11. The van der Waals surface area contributed by atoms with Gasteiger partial charge in [-0.1, -0.05) is 6.07 Å². The van der Waals surface area contributed by atoms with Crippen molar-refractivity contribution in [1.82, 2.24) is 4.98 Å². The van der Waals surface area contributed by atoms with Crippen molar-refractivity contribution in [3.8, 4) is 0 Å². The fourth-order valence-corrected chi connectivity index (χ4v) is 1.48. The number of carboxylic acid groups (broad SMARTS) is 1. The summed E-state index contributed by atoms with van der Waals surface area (Å²) in [6.45, 7) is 1.61. The molecule has 0 aliphatic heterocycles. The first-order valence-electron chi connectivity index (χ1n) is 5.01. The quantitative estimate of drug-likeness (QED) is 0.824. The van der Waals surface area contributed by atoms with E-state index in [1.165, 1.54) is 0 Å². The van der Waals surface area contributed by atoms with E-state index in [-0.39, 0.29) is 0 Å². The van der Waals surface area contributed by atoms with Crippen molar-refractivity contribution in [2.45, 2.75) is 13.0 Å². The van der Waals surface area contributed by atoms with Crippen molar-refractivity contribution in [1.29, 1.82) is 0 Å². The van der Waals surface area contributed by atoms with Gasteiger partial charge in [0.1, 0.15) is 6.04 Å². The molecule has 1 atom stereocenters. The lowest BCUT2D eigenvalue weighted by Crippen LogP contribution is -2.25. The van der Waals surface area contributed by atoms with Gasteiger partial charge in [0.2, 0.25) is 0 Å². The number of pyridine rings is 1. The zero-order valence-electron chi connectivity index (χ0n) is 8.84. The maximum atomic E-state index is 10.7. The van der Waals surface area contributed by atoms with Crippen LogP contribution in [0.1, 0.15) is 6.92 Å². The minimum atomic E-state index is -0.869.